The number of aliphatic hydroxyl groups excluding tert-OH is 2. The quantitative estimate of drug-likeness (QED) is 0.0312. The lowest BCUT2D eigenvalue weighted by atomic mass is 10.0. The van der Waals surface area contributed by atoms with E-state index in [1.165, 1.54) is 122 Å². The van der Waals surface area contributed by atoms with E-state index in [0.717, 1.165) is 38.5 Å². The average Bonchev–Trinajstić information content (AvgIpc) is 3.13. The van der Waals surface area contributed by atoms with E-state index in [0.29, 0.717) is 25.7 Å². The molecule has 11 heteroatoms. The normalized spacial score (nSPS) is 13.9. The van der Waals surface area contributed by atoms with Crippen LogP contribution >= 0.6 is 7.82 Å². The third kappa shape index (κ3) is 37.3. The van der Waals surface area contributed by atoms with Gasteiger partial charge in [0.15, 0.2) is 6.10 Å². The van der Waals surface area contributed by atoms with Crippen molar-refractivity contribution in [3.8, 4) is 0 Å². The first-order valence-corrected chi connectivity index (χ1v) is 23.0. The van der Waals surface area contributed by atoms with Gasteiger partial charge in [-0.1, -0.05) is 168 Å². The van der Waals surface area contributed by atoms with Crippen molar-refractivity contribution in [2.24, 2.45) is 0 Å². The average molecular weight is 765 g/mol. The summed E-state index contributed by atoms with van der Waals surface area (Å²) in [4.78, 5) is 35.2. The highest BCUT2D eigenvalue weighted by Crippen LogP contribution is 2.43. The summed E-state index contributed by atoms with van der Waals surface area (Å²) in [6, 6.07) is 0. The van der Waals surface area contributed by atoms with Gasteiger partial charge in [0.1, 0.15) is 6.61 Å². The van der Waals surface area contributed by atoms with Gasteiger partial charge in [0.05, 0.1) is 25.9 Å². The van der Waals surface area contributed by atoms with Crippen molar-refractivity contribution in [2.45, 2.75) is 225 Å². The minimum atomic E-state index is -4.45. The van der Waals surface area contributed by atoms with Crippen LogP contribution in [0.1, 0.15) is 213 Å². The number of phosphoric acid groups is 1. The van der Waals surface area contributed by atoms with Crippen LogP contribution in [-0.4, -0.2) is 65.7 Å². The molecule has 0 amide bonds. The highest BCUT2D eigenvalue weighted by atomic mass is 31.2. The number of unbranched alkanes of at least 4 members (excludes halogenated alkanes) is 25. The number of carbonyl (C=O) groups is 2. The van der Waals surface area contributed by atoms with E-state index in [1.54, 1.807) is 0 Å². The molecule has 310 valence electrons. The fourth-order valence-electron chi connectivity index (χ4n) is 6.16. The summed E-state index contributed by atoms with van der Waals surface area (Å²) < 4.78 is 33.5. The second kappa shape index (κ2) is 38.3. The molecule has 0 fully saturated rings. The Morgan fingerprint density at radius 2 is 0.942 bits per heavy atom. The summed E-state index contributed by atoms with van der Waals surface area (Å²) in [7, 11) is -4.45. The van der Waals surface area contributed by atoms with Crippen LogP contribution in [-0.2, 0) is 32.7 Å². The van der Waals surface area contributed by atoms with Crippen molar-refractivity contribution in [1.29, 1.82) is 0 Å². The lowest BCUT2D eigenvalue weighted by Crippen LogP contribution is -2.29. The second-order valence-corrected chi connectivity index (χ2v) is 16.2. The van der Waals surface area contributed by atoms with Crippen LogP contribution in [0, 0.1) is 0 Å². The number of esters is 2. The van der Waals surface area contributed by atoms with Crippen LogP contribution in [0.4, 0.5) is 0 Å². The molecule has 52 heavy (non-hydrogen) atoms. The number of ether oxygens (including phenoxy) is 2. The Balaban J connectivity index is 4.41. The molecule has 0 aromatic heterocycles. The largest absolute Gasteiger partial charge is 0.472 e. The molecule has 3 atom stereocenters. The number of carbonyl (C=O) groups excluding carboxylic acids is 2. The number of hydrogen-bond acceptors (Lipinski definition) is 9. The zero-order valence-corrected chi connectivity index (χ0v) is 34.4. The smallest absolute Gasteiger partial charge is 0.462 e. The molecule has 0 rings (SSSR count). The second-order valence-electron chi connectivity index (χ2n) is 14.7. The van der Waals surface area contributed by atoms with Crippen molar-refractivity contribution in [1.82, 2.24) is 0 Å². The van der Waals surface area contributed by atoms with Gasteiger partial charge in [0.25, 0.3) is 0 Å². The number of aliphatic hydroxyl groups is 2. The number of rotatable bonds is 41. The highest BCUT2D eigenvalue weighted by molar-refractivity contribution is 7.47. The molecule has 0 aliphatic rings. The third-order valence-electron chi connectivity index (χ3n) is 9.52. The summed E-state index contributed by atoms with van der Waals surface area (Å²) in [6.45, 7) is 3.35. The highest BCUT2D eigenvalue weighted by Gasteiger charge is 2.26. The zero-order valence-electron chi connectivity index (χ0n) is 33.6. The molecule has 0 aromatic rings. The fraction of sp³-hybridized carbons (Fsp3) is 0.951. The Hall–Kier alpha value is -1.03. The first kappa shape index (κ1) is 51.0. The molecule has 0 aromatic carbocycles. The molecular formula is C41H81O10P. The van der Waals surface area contributed by atoms with Gasteiger partial charge >= 0.3 is 19.8 Å². The minimum absolute atomic E-state index is 0.0798. The Morgan fingerprint density at radius 1 is 0.538 bits per heavy atom. The van der Waals surface area contributed by atoms with Gasteiger partial charge in [-0.15, -0.1) is 0 Å². The summed E-state index contributed by atoms with van der Waals surface area (Å²) in [5.41, 5.74) is 0. The monoisotopic (exact) mass is 765 g/mol. The summed E-state index contributed by atoms with van der Waals surface area (Å²) >= 11 is 0. The molecule has 0 heterocycles. The summed E-state index contributed by atoms with van der Waals surface area (Å²) in [6.07, 6.45) is 31.3. The molecule has 3 N–H and O–H groups in total. The Bertz CT molecular complexity index is 842. The molecule has 0 aliphatic heterocycles. The van der Waals surface area contributed by atoms with Crippen LogP contribution in [0.25, 0.3) is 0 Å². The van der Waals surface area contributed by atoms with E-state index in [1.807, 2.05) is 0 Å². The van der Waals surface area contributed by atoms with Gasteiger partial charge in [0, 0.05) is 12.8 Å². The van der Waals surface area contributed by atoms with E-state index >= 15 is 0 Å². The molecule has 10 nitrogen and oxygen atoms in total. The number of hydrogen-bond donors (Lipinski definition) is 3. The summed E-state index contributed by atoms with van der Waals surface area (Å²) in [5.74, 6) is -0.852. The summed E-state index contributed by atoms with van der Waals surface area (Å²) in [5, 5.41) is 18.3. The van der Waals surface area contributed by atoms with Crippen molar-refractivity contribution >= 4 is 19.8 Å². The minimum Gasteiger partial charge on any atom is -0.462 e. The van der Waals surface area contributed by atoms with Crippen LogP contribution in [0.15, 0.2) is 0 Å². The van der Waals surface area contributed by atoms with Gasteiger partial charge in [-0.25, -0.2) is 4.57 Å². The van der Waals surface area contributed by atoms with Crippen molar-refractivity contribution in [3.05, 3.63) is 0 Å². The molecule has 0 radical (unpaired) electrons. The maximum absolute atomic E-state index is 12.6. The SMILES string of the molecule is CCCCCCCCCCCCCCCC(=O)OCC(COP(=O)(O)OCCCCC(O)CO)OC(=O)CCCCCCCCCCCCCCC. The van der Waals surface area contributed by atoms with E-state index in [-0.39, 0.29) is 32.7 Å². The first-order valence-electron chi connectivity index (χ1n) is 21.5. The van der Waals surface area contributed by atoms with Crippen LogP contribution in [0.3, 0.4) is 0 Å². The fourth-order valence-corrected chi connectivity index (χ4v) is 6.95. The van der Waals surface area contributed by atoms with Gasteiger partial charge in [0.2, 0.25) is 0 Å². The predicted octanol–water partition coefficient (Wildman–Crippen LogP) is 11.1. The topological polar surface area (TPSA) is 149 Å². The third-order valence-corrected chi connectivity index (χ3v) is 10.5. The van der Waals surface area contributed by atoms with Gasteiger partial charge < -0.3 is 24.6 Å². The van der Waals surface area contributed by atoms with Gasteiger partial charge in [-0.3, -0.25) is 18.6 Å². The Kier molecular flexibility index (Phi) is 37.5. The van der Waals surface area contributed by atoms with Crippen LogP contribution < -0.4 is 0 Å². The van der Waals surface area contributed by atoms with Crippen LogP contribution in [0.5, 0.6) is 0 Å². The van der Waals surface area contributed by atoms with E-state index < -0.39 is 38.6 Å². The Morgan fingerprint density at radius 3 is 1.37 bits per heavy atom. The van der Waals surface area contributed by atoms with E-state index in [9.17, 15) is 24.2 Å². The number of phosphoric ester groups is 1. The van der Waals surface area contributed by atoms with Gasteiger partial charge in [-0.2, -0.15) is 0 Å². The standard InChI is InChI=1S/C41H81O10P/c1-3-5-7-9-11-13-15-17-19-21-23-25-27-32-40(44)48-36-39(37-50-52(46,47)49-34-30-29-31-38(43)35-42)51-41(45)33-28-26-24-22-20-18-16-14-12-10-8-6-4-2/h38-39,42-43H,3-37H2,1-2H3,(H,46,47). The Labute approximate surface area is 318 Å². The molecular weight excluding hydrogens is 683 g/mol. The molecule has 0 bridgehead atoms. The lowest BCUT2D eigenvalue weighted by Gasteiger charge is -2.20. The zero-order chi connectivity index (χ0) is 38.4. The van der Waals surface area contributed by atoms with Crippen molar-refractivity contribution < 1.29 is 47.8 Å². The van der Waals surface area contributed by atoms with E-state index in [4.69, 9.17) is 23.6 Å². The van der Waals surface area contributed by atoms with Crippen molar-refractivity contribution in [3.63, 3.8) is 0 Å². The first-order chi connectivity index (χ1) is 25.2. The maximum Gasteiger partial charge on any atom is 0.472 e. The molecule has 3 unspecified atom stereocenters. The van der Waals surface area contributed by atoms with E-state index in [2.05, 4.69) is 13.8 Å². The maximum atomic E-state index is 12.6. The molecule has 0 saturated carbocycles. The lowest BCUT2D eigenvalue weighted by molar-refractivity contribution is -0.161. The van der Waals surface area contributed by atoms with Crippen LogP contribution in [0.2, 0.25) is 0 Å². The predicted molar refractivity (Wildman–Crippen MR) is 210 cm³/mol. The molecule has 0 spiro atoms. The van der Waals surface area contributed by atoms with Crippen molar-refractivity contribution in [2.75, 3.05) is 26.4 Å². The van der Waals surface area contributed by atoms with Gasteiger partial charge in [-0.05, 0) is 32.1 Å². The molecule has 0 aliphatic carbocycles. The molecule has 0 saturated heterocycles.